The molecule has 0 aromatic heterocycles. The molecule has 2 heterocycles. The van der Waals surface area contributed by atoms with Crippen LogP contribution in [0.3, 0.4) is 0 Å². The molecule has 2 fully saturated rings. The van der Waals surface area contributed by atoms with Crippen molar-refractivity contribution < 1.29 is 9.53 Å². The summed E-state index contributed by atoms with van der Waals surface area (Å²) in [6.07, 6.45) is 3.69. The van der Waals surface area contributed by atoms with E-state index in [4.69, 9.17) is 4.74 Å². The van der Waals surface area contributed by atoms with Crippen molar-refractivity contribution in [3.63, 3.8) is 0 Å². The number of amides is 1. The molecule has 0 N–H and O–H groups in total. The second-order valence-corrected chi connectivity index (χ2v) is 6.03. The van der Waals surface area contributed by atoms with Gasteiger partial charge in [-0.1, -0.05) is 18.2 Å². The van der Waals surface area contributed by atoms with Gasteiger partial charge in [0, 0.05) is 44.9 Å². The summed E-state index contributed by atoms with van der Waals surface area (Å²) in [5, 5.41) is 0. The molecule has 1 unspecified atom stereocenters. The molecule has 2 aliphatic heterocycles. The maximum Gasteiger partial charge on any atom is 0.253 e. The van der Waals surface area contributed by atoms with E-state index in [0.29, 0.717) is 12.1 Å². The molecule has 0 bridgehead atoms. The summed E-state index contributed by atoms with van der Waals surface area (Å²) in [7, 11) is 1.80. The average molecular weight is 288 g/mol. The van der Waals surface area contributed by atoms with Crippen LogP contribution in [-0.2, 0) is 4.74 Å². The highest BCUT2D eigenvalue weighted by Gasteiger charge is 2.31. The minimum absolute atomic E-state index is 0.172. The topological polar surface area (TPSA) is 32.8 Å². The van der Waals surface area contributed by atoms with Gasteiger partial charge in [0.05, 0.1) is 6.10 Å². The molecule has 4 nitrogen and oxygen atoms in total. The molecule has 1 amide bonds. The number of nitrogens with zero attached hydrogens (tertiary/aromatic N) is 2. The van der Waals surface area contributed by atoms with E-state index in [9.17, 15) is 4.79 Å². The summed E-state index contributed by atoms with van der Waals surface area (Å²) in [5.41, 5.74) is 0.802. The van der Waals surface area contributed by atoms with E-state index in [1.165, 1.54) is 0 Å². The molecule has 0 saturated carbocycles. The van der Waals surface area contributed by atoms with Crippen LogP contribution < -0.4 is 0 Å². The molecule has 2 saturated heterocycles. The summed E-state index contributed by atoms with van der Waals surface area (Å²) >= 11 is 0. The minimum Gasteiger partial charge on any atom is -0.380 e. The number of hydrogen-bond donors (Lipinski definition) is 0. The van der Waals surface area contributed by atoms with E-state index in [2.05, 4.69) is 4.90 Å². The van der Waals surface area contributed by atoms with Crippen molar-refractivity contribution in [3.05, 3.63) is 35.9 Å². The highest BCUT2D eigenvalue weighted by atomic mass is 16.5. The van der Waals surface area contributed by atoms with E-state index in [0.717, 1.165) is 51.0 Å². The van der Waals surface area contributed by atoms with Crippen molar-refractivity contribution >= 4 is 5.91 Å². The number of methoxy groups -OCH3 is 1. The van der Waals surface area contributed by atoms with Crippen molar-refractivity contribution in [2.45, 2.75) is 31.4 Å². The number of rotatable bonds is 3. The van der Waals surface area contributed by atoms with E-state index in [-0.39, 0.29) is 5.91 Å². The Balaban J connectivity index is 1.52. The van der Waals surface area contributed by atoms with Gasteiger partial charge in [0.1, 0.15) is 0 Å². The number of hydrogen-bond acceptors (Lipinski definition) is 3. The first-order valence-electron chi connectivity index (χ1n) is 7.89. The number of carbonyl (C=O) groups is 1. The summed E-state index contributed by atoms with van der Waals surface area (Å²) < 4.78 is 5.44. The molecule has 2 aliphatic rings. The Morgan fingerprint density at radius 1 is 1.10 bits per heavy atom. The van der Waals surface area contributed by atoms with Crippen molar-refractivity contribution in [1.29, 1.82) is 0 Å². The molecule has 1 aromatic rings. The second-order valence-electron chi connectivity index (χ2n) is 6.03. The van der Waals surface area contributed by atoms with Crippen LogP contribution in [0.25, 0.3) is 0 Å². The number of carbonyl (C=O) groups excluding carboxylic acids is 1. The maximum atomic E-state index is 12.4. The maximum absolute atomic E-state index is 12.4. The van der Waals surface area contributed by atoms with Gasteiger partial charge in [-0.3, -0.25) is 9.69 Å². The standard InChI is InChI=1S/C17H24N2O2/c1-21-16-9-12-19(13-16)15-7-10-18(11-8-15)17(20)14-5-3-2-4-6-14/h2-6,15-16H,7-13H2,1H3. The third-order valence-corrected chi connectivity index (χ3v) is 4.80. The van der Waals surface area contributed by atoms with Gasteiger partial charge in [-0.2, -0.15) is 0 Å². The highest BCUT2D eigenvalue weighted by molar-refractivity contribution is 5.94. The van der Waals surface area contributed by atoms with Gasteiger partial charge in [0.25, 0.3) is 5.91 Å². The van der Waals surface area contributed by atoms with Crippen molar-refractivity contribution in [3.8, 4) is 0 Å². The van der Waals surface area contributed by atoms with Crippen molar-refractivity contribution in [1.82, 2.24) is 9.80 Å². The fraction of sp³-hybridized carbons (Fsp3) is 0.588. The Morgan fingerprint density at radius 2 is 1.81 bits per heavy atom. The summed E-state index contributed by atoms with van der Waals surface area (Å²) in [5.74, 6) is 0.172. The molecular formula is C17H24N2O2. The van der Waals surface area contributed by atoms with Crippen LogP contribution in [0.15, 0.2) is 30.3 Å². The van der Waals surface area contributed by atoms with Gasteiger partial charge < -0.3 is 9.64 Å². The lowest BCUT2D eigenvalue weighted by atomic mass is 10.0. The average Bonchev–Trinajstić information content (AvgIpc) is 3.04. The van der Waals surface area contributed by atoms with Crippen LogP contribution in [0.1, 0.15) is 29.6 Å². The highest BCUT2D eigenvalue weighted by Crippen LogP contribution is 2.23. The lowest BCUT2D eigenvalue weighted by molar-refractivity contribution is 0.0603. The first-order chi connectivity index (χ1) is 10.3. The van der Waals surface area contributed by atoms with Crippen molar-refractivity contribution in [2.75, 3.05) is 33.3 Å². The zero-order valence-corrected chi connectivity index (χ0v) is 12.7. The first-order valence-corrected chi connectivity index (χ1v) is 7.89. The summed E-state index contributed by atoms with van der Waals surface area (Å²) in [4.78, 5) is 17.0. The SMILES string of the molecule is COC1CCN(C2CCN(C(=O)c3ccccc3)CC2)C1. The lowest BCUT2D eigenvalue weighted by Gasteiger charge is -2.36. The lowest BCUT2D eigenvalue weighted by Crippen LogP contribution is -2.46. The molecule has 0 spiro atoms. The summed E-state index contributed by atoms with van der Waals surface area (Å²) in [6.45, 7) is 3.92. The Labute approximate surface area is 126 Å². The molecule has 114 valence electrons. The third kappa shape index (κ3) is 3.27. The largest absolute Gasteiger partial charge is 0.380 e. The van der Waals surface area contributed by atoms with Crippen molar-refractivity contribution in [2.24, 2.45) is 0 Å². The van der Waals surface area contributed by atoms with Gasteiger partial charge in [0.15, 0.2) is 0 Å². The Hall–Kier alpha value is -1.39. The van der Waals surface area contributed by atoms with Crippen LogP contribution in [0, 0.1) is 0 Å². The number of benzene rings is 1. The number of ether oxygens (including phenoxy) is 1. The third-order valence-electron chi connectivity index (χ3n) is 4.80. The zero-order chi connectivity index (χ0) is 14.7. The molecule has 1 atom stereocenters. The Morgan fingerprint density at radius 3 is 2.43 bits per heavy atom. The predicted molar refractivity (Wildman–Crippen MR) is 82.4 cm³/mol. The van der Waals surface area contributed by atoms with E-state index in [1.807, 2.05) is 35.2 Å². The van der Waals surface area contributed by atoms with E-state index >= 15 is 0 Å². The van der Waals surface area contributed by atoms with Crippen LogP contribution in [0.2, 0.25) is 0 Å². The zero-order valence-electron chi connectivity index (χ0n) is 12.7. The molecule has 1 aromatic carbocycles. The van der Waals surface area contributed by atoms with Gasteiger partial charge in [-0.25, -0.2) is 0 Å². The fourth-order valence-corrected chi connectivity index (χ4v) is 3.48. The molecule has 4 heteroatoms. The predicted octanol–water partition coefficient (Wildman–Crippen LogP) is 2.01. The van der Waals surface area contributed by atoms with Gasteiger partial charge >= 0.3 is 0 Å². The quantitative estimate of drug-likeness (QED) is 0.853. The molecule has 3 rings (SSSR count). The molecule has 0 aliphatic carbocycles. The van der Waals surface area contributed by atoms with Crippen LogP contribution in [0.4, 0.5) is 0 Å². The first kappa shape index (κ1) is 14.5. The van der Waals surface area contributed by atoms with Gasteiger partial charge in [-0.05, 0) is 31.4 Å². The van der Waals surface area contributed by atoms with Crippen LogP contribution in [-0.4, -0.2) is 61.1 Å². The minimum atomic E-state index is 0.172. The number of piperidine rings is 1. The van der Waals surface area contributed by atoms with E-state index in [1.54, 1.807) is 7.11 Å². The smallest absolute Gasteiger partial charge is 0.253 e. The monoisotopic (exact) mass is 288 g/mol. The normalized spacial score (nSPS) is 24.4. The molecular weight excluding hydrogens is 264 g/mol. The molecule has 21 heavy (non-hydrogen) atoms. The Kier molecular flexibility index (Phi) is 4.56. The van der Waals surface area contributed by atoms with Crippen LogP contribution >= 0.6 is 0 Å². The van der Waals surface area contributed by atoms with Gasteiger partial charge in [-0.15, -0.1) is 0 Å². The van der Waals surface area contributed by atoms with Crippen LogP contribution in [0.5, 0.6) is 0 Å². The van der Waals surface area contributed by atoms with E-state index < -0.39 is 0 Å². The number of likely N-dealkylation sites (tertiary alicyclic amines) is 2. The molecule has 0 radical (unpaired) electrons. The Bertz CT molecular complexity index is 469. The summed E-state index contributed by atoms with van der Waals surface area (Å²) in [6, 6.07) is 10.2. The van der Waals surface area contributed by atoms with Gasteiger partial charge in [0.2, 0.25) is 0 Å². The fourth-order valence-electron chi connectivity index (χ4n) is 3.48. The second kappa shape index (κ2) is 6.58.